The molecule has 1 aliphatic rings. The van der Waals surface area contributed by atoms with Crippen molar-refractivity contribution >= 4 is 0 Å². The van der Waals surface area contributed by atoms with Crippen molar-refractivity contribution in [3.05, 3.63) is 12.4 Å². The van der Waals surface area contributed by atoms with Crippen molar-refractivity contribution < 1.29 is 0 Å². The monoisotopic (exact) mass is 180 g/mol. The topological polar surface area (TPSA) is 34.0 Å². The van der Waals surface area contributed by atoms with Crippen LogP contribution in [-0.2, 0) is 6.54 Å². The largest absolute Gasteiger partial charge is 0.302 e. The first kappa shape index (κ1) is 8.69. The molecule has 2 heterocycles. The molecule has 1 fully saturated rings. The molecule has 0 saturated carbocycles. The molecular weight excluding hydrogens is 164 g/mol. The first-order valence-corrected chi connectivity index (χ1v) is 4.90. The summed E-state index contributed by atoms with van der Waals surface area (Å²) in [6.45, 7) is 2.20. The van der Waals surface area contributed by atoms with Crippen LogP contribution in [0.25, 0.3) is 0 Å². The van der Waals surface area contributed by atoms with Crippen LogP contribution in [0.15, 0.2) is 12.4 Å². The first-order valence-electron chi connectivity index (χ1n) is 4.90. The maximum Gasteiger partial charge on any atom is 0.0692 e. The molecular formula is C9H16N4. The van der Waals surface area contributed by atoms with Crippen molar-refractivity contribution in [3.8, 4) is 0 Å². The molecule has 0 aliphatic carbocycles. The SMILES string of the molecule is CN1CCCCC1Cn1ccnn1. The number of hydrogen-bond donors (Lipinski definition) is 0. The van der Waals surface area contributed by atoms with Crippen LogP contribution in [-0.4, -0.2) is 39.5 Å². The maximum absolute atomic E-state index is 3.98. The van der Waals surface area contributed by atoms with E-state index in [1.807, 2.05) is 10.9 Å². The summed E-state index contributed by atoms with van der Waals surface area (Å²) in [5, 5.41) is 7.79. The van der Waals surface area contributed by atoms with E-state index in [-0.39, 0.29) is 0 Å². The van der Waals surface area contributed by atoms with Gasteiger partial charge in [-0.05, 0) is 26.4 Å². The molecule has 1 aliphatic heterocycles. The van der Waals surface area contributed by atoms with Crippen LogP contribution < -0.4 is 0 Å². The molecule has 0 aromatic carbocycles. The highest BCUT2D eigenvalue weighted by Gasteiger charge is 2.18. The van der Waals surface area contributed by atoms with Crippen molar-refractivity contribution in [1.29, 1.82) is 0 Å². The van der Waals surface area contributed by atoms with Crippen molar-refractivity contribution in [1.82, 2.24) is 19.9 Å². The molecule has 72 valence electrons. The maximum atomic E-state index is 3.98. The van der Waals surface area contributed by atoms with E-state index in [4.69, 9.17) is 0 Å². The summed E-state index contributed by atoms with van der Waals surface area (Å²) in [6, 6.07) is 0.649. The van der Waals surface area contributed by atoms with Crippen molar-refractivity contribution in [2.75, 3.05) is 13.6 Å². The van der Waals surface area contributed by atoms with Crippen LogP contribution in [0.4, 0.5) is 0 Å². The molecule has 1 aromatic heterocycles. The second-order valence-corrected chi connectivity index (χ2v) is 3.76. The number of piperidine rings is 1. The molecule has 0 bridgehead atoms. The zero-order chi connectivity index (χ0) is 9.10. The van der Waals surface area contributed by atoms with Gasteiger partial charge in [-0.1, -0.05) is 11.6 Å². The Kier molecular flexibility index (Phi) is 2.59. The highest BCUT2D eigenvalue weighted by atomic mass is 15.4. The molecule has 2 rings (SSSR count). The summed E-state index contributed by atoms with van der Waals surface area (Å²) in [6.07, 6.45) is 7.65. The van der Waals surface area contributed by atoms with E-state index < -0.39 is 0 Å². The van der Waals surface area contributed by atoms with E-state index >= 15 is 0 Å². The number of likely N-dealkylation sites (N-methyl/N-ethyl adjacent to an activating group) is 1. The van der Waals surface area contributed by atoms with Gasteiger partial charge in [-0.3, -0.25) is 4.68 Å². The minimum atomic E-state index is 0.649. The Morgan fingerprint density at radius 2 is 2.38 bits per heavy atom. The number of nitrogens with zero attached hydrogens (tertiary/aromatic N) is 4. The fourth-order valence-electron chi connectivity index (χ4n) is 1.92. The van der Waals surface area contributed by atoms with Gasteiger partial charge in [0.05, 0.1) is 12.7 Å². The van der Waals surface area contributed by atoms with E-state index in [0.717, 1.165) is 6.54 Å². The fourth-order valence-corrected chi connectivity index (χ4v) is 1.92. The van der Waals surface area contributed by atoms with E-state index in [2.05, 4.69) is 22.3 Å². The van der Waals surface area contributed by atoms with E-state index in [1.165, 1.54) is 25.8 Å². The lowest BCUT2D eigenvalue weighted by Crippen LogP contribution is -2.39. The Bertz CT molecular complexity index is 244. The minimum absolute atomic E-state index is 0.649. The lowest BCUT2D eigenvalue weighted by molar-refractivity contribution is 0.162. The smallest absolute Gasteiger partial charge is 0.0692 e. The Labute approximate surface area is 78.5 Å². The number of rotatable bonds is 2. The Morgan fingerprint density at radius 1 is 1.46 bits per heavy atom. The van der Waals surface area contributed by atoms with Crippen LogP contribution >= 0.6 is 0 Å². The van der Waals surface area contributed by atoms with Crippen LogP contribution in [0.5, 0.6) is 0 Å². The third kappa shape index (κ3) is 2.06. The summed E-state index contributed by atoms with van der Waals surface area (Å²) < 4.78 is 1.92. The Balaban J connectivity index is 1.93. The first-order chi connectivity index (χ1) is 6.36. The highest BCUT2D eigenvalue weighted by Crippen LogP contribution is 2.15. The van der Waals surface area contributed by atoms with Crippen LogP contribution in [0.2, 0.25) is 0 Å². The van der Waals surface area contributed by atoms with E-state index in [1.54, 1.807) is 6.20 Å². The van der Waals surface area contributed by atoms with Gasteiger partial charge in [-0.15, -0.1) is 5.10 Å². The quantitative estimate of drug-likeness (QED) is 0.674. The van der Waals surface area contributed by atoms with Crippen LogP contribution in [0.3, 0.4) is 0 Å². The second kappa shape index (κ2) is 3.87. The van der Waals surface area contributed by atoms with Crippen molar-refractivity contribution in [3.63, 3.8) is 0 Å². The normalized spacial score (nSPS) is 24.8. The van der Waals surface area contributed by atoms with Gasteiger partial charge >= 0.3 is 0 Å². The van der Waals surface area contributed by atoms with Gasteiger partial charge in [0.25, 0.3) is 0 Å². The zero-order valence-corrected chi connectivity index (χ0v) is 8.06. The average Bonchev–Trinajstić information content (AvgIpc) is 2.61. The molecule has 0 N–H and O–H groups in total. The fraction of sp³-hybridized carbons (Fsp3) is 0.778. The lowest BCUT2D eigenvalue weighted by atomic mass is 10.0. The molecule has 4 nitrogen and oxygen atoms in total. The van der Waals surface area contributed by atoms with Crippen LogP contribution in [0, 0.1) is 0 Å². The standard InChI is InChI=1S/C9H16N4/c1-12-6-3-2-4-9(12)8-13-7-5-10-11-13/h5,7,9H,2-4,6,8H2,1H3. The van der Waals surface area contributed by atoms with Gasteiger partial charge in [-0.25, -0.2) is 0 Å². The summed E-state index contributed by atoms with van der Waals surface area (Å²) in [5.41, 5.74) is 0. The summed E-state index contributed by atoms with van der Waals surface area (Å²) in [5.74, 6) is 0. The number of aromatic nitrogens is 3. The van der Waals surface area contributed by atoms with Crippen molar-refractivity contribution in [2.24, 2.45) is 0 Å². The van der Waals surface area contributed by atoms with Gasteiger partial charge in [0.1, 0.15) is 0 Å². The van der Waals surface area contributed by atoms with E-state index in [9.17, 15) is 0 Å². The summed E-state index contributed by atoms with van der Waals surface area (Å²) in [7, 11) is 2.20. The van der Waals surface area contributed by atoms with Gasteiger partial charge < -0.3 is 4.90 Å². The second-order valence-electron chi connectivity index (χ2n) is 3.76. The van der Waals surface area contributed by atoms with E-state index in [0.29, 0.717) is 6.04 Å². The van der Waals surface area contributed by atoms with Gasteiger partial charge in [0.15, 0.2) is 0 Å². The van der Waals surface area contributed by atoms with Crippen LogP contribution in [0.1, 0.15) is 19.3 Å². The lowest BCUT2D eigenvalue weighted by Gasteiger charge is -2.32. The molecule has 0 radical (unpaired) electrons. The Morgan fingerprint density at radius 3 is 3.08 bits per heavy atom. The third-order valence-electron chi connectivity index (χ3n) is 2.79. The minimum Gasteiger partial charge on any atom is -0.302 e. The van der Waals surface area contributed by atoms with Gasteiger partial charge in [-0.2, -0.15) is 0 Å². The predicted molar refractivity (Wildman–Crippen MR) is 50.3 cm³/mol. The predicted octanol–water partition coefficient (Wildman–Crippen LogP) is 0.762. The molecule has 4 heteroatoms. The molecule has 13 heavy (non-hydrogen) atoms. The summed E-state index contributed by atoms with van der Waals surface area (Å²) in [4.78, 5) is 2.42. The van der Waals surface area contributed by atoms with Crippen molar-refractivity contribution in [2.45, 2.75) is 31.8 Å². The molecule has 0 amide bonds. The van der Waals surface area contributed by atoms with Gasteiger partial charge in [0.2, 0.25) is 0 Å². The number of likely N-dealkylation sites (tertiary alicyclic amines) is 1. The molecule has 1 unspecified atom stereocenters. The third-order valence-corrected chi connectivity index (χ3v) is 2.79. The molecule has 1 atom stereocenters. The Hall–Kier alpha value is -0.900. The molecule has 1 aromatic rings. The number of hydrogen-bond acceptors (Lipinski definition) is 3. The summed E-state index contributed by atoms with van der Waals surface area (Å²) >= 11 is 0. The average molecular weight is 180 g/mol. The molecule has 1 saturated heterocycles. The zero-order valence-electron chi connectivity index (χ0n) is 8.06. The molecule has 0 spiro atoms. The highest BCUT2D eigenvalue weighted by molar-refractivity contribution is 4.75. The van der Waals surface area contributed by atoms with Gasteiger partial charge in [0, 0.05) is 12.2 Å².